The number of hydrogen-bond donors (Lipinski definition) is 0. The molecule has 0 aliphatic carbocycles. The number of carbonyl (C=O) groups excluding carboxylic acids is 3. The second kappa shape index (κ2) is 65.4. The van der Waals surface area contributed by atoms with Crippen molar-refractivity contribution >= 4 is 17.9 Å². The smallest absolute Gasteiger partial charge is 0.306 e. The molecule has 0 atom stereocenters. The predicted molar refractivity (Wildman–Crippen MR) is 335 cm³/mol. The van der Waals surface area contributed by atoms with Crippen molar-refractivity contribution in [1.82, 2.24) is 0 Å². The Labute approximate surface area is 478 Å². The number of allylic oxidation sites excluding steroid dienone is 12. The van der Waals surface area contributed by atoms with Gasteiger partial charge < -0.3 is 14.2 Å². The van der Waals surface area contributed by atoms with Gasteiger partial charge in [-0.3, -0.25) is 14.4 Å². The van der Waals surface area contributed by atoms with Gasteiger partial charge in [0, 0.05) is 19.3 Å². The van der Waals surface area contributed by atoms with Crippen LogP contribution in [0.3, 0.4) is 0 Å². The van der Waals surface area contributed by atoms with E-state index in [-0.39, 0.29) is 31.1 Å². The van der Waals surface area contributed by atoms with E-state index in [9.17, 15) is 14.4 Å². The fourth-order valence-electron chi connectivity index (χ4n) is 9.66. The van der Waals surface area contributed by atoms with Gasteiger partial charge in [0.1, 0.15) is 13.2 Å². The minimum Gasteiger partial charge on any atom is -0.462 e. The van der Waals surface area contributed by atoms with Gasteiger partial charge in [-0.1, -0.05) is 286 Å². The first-order chi connectivity index (χ1) is 38.0. The maximum atomic E-state index is 12.9. The summed E-state index contributed by atoms with van der Waals surface area (Å²) in [5.41, 5.74) is 0. The van der Waals surface area contributed by atoms with Crippen molar-refractivity contribution in [2.45, 2.75) is 348 Å². The second-order valence-electron chi connectivity index (χ2n) is 22.3. The quantitative estimate of drug-likeness (QED) is 0.0261. The third-order valence-corrected chi connectivity index (χ3v) is 14.7. The van der Waals surface area contributed by atoms with E-state index < -0.39 is 6.10 Å². The fraction of sp³-hybridized carbons (Fsp3) is 0.789. The highest BCUT2D eigenvalue weighted by molar-refractivity contribution is 5.71. The largest absolute Gasteiger partial charge is 0.462 e. The van der Waals surface area contributed by atoms with Gasteiger partial charge >= 0.3 is 17.9 Å². The van der Waals surface area contributed by atoms with Gasteiger partial charge in [-0.05, 0) is 109 Å². The van der Waals surface area contributed by atoms with Gasteiger partial charge in [0.15, 0.2) is 6.10 Å². The minimum atomic E-state index is -0.790. The van der Waals surface area contributed by atoms with Crippen LogP contribution in [-0.4, -0.2) is 37.2 Å². The van der Waals surface area contributed by atoms with E-state index in [1.54, 1.807) is 0 Å². The van der Waals surface area contributed by atoms with E-state index in [4.69, 9.17) is 14.2 Å². The lowest BCUT2D eigenvalue weighted by molar-refractivity contribution is -0.167. The summed E-state index contributed by atoms with van der Waals surface area (Å²) in [4.78, 5) is 38.4. The van der Waals surface area contributed by atoms with Crippen LogP contribution in [0.2, 0.25) is 0 Å². The van der Waals surface area contributed by atoms with E-state index in [1.165, 1.54) is 205 Å². The van der Waals surface area contributed by atoms with Crippen LogP contribution in [-0.2, 0) is 28.6 Å². The van der Waals surface area contributed by atoms with E-state index in [0.717, 1.165) is 96.3 Å². The molecule has 0 aliphatic heterocycles. The van der Waals surface area contributed by atoms with E-state index >= 15 is 0 Å². The van der Waals surface area contributed by atoms with Gasteiger partial charge in [0.2, 0.25) is 0 Å². The molecule has 0 spiro atoms. The second-order valence-corrected chi connectivity index (χ2v) is 22.3. The number of hydrogen-bond acceptors (Lipinski definition) is 6. The van der Waals surface area contributed by atoms with E-state index in [0.29, 0.717) is 19.3 Å². The highest BCUT2D eigenvalue weighted by Crippen LogP contribution is 2.17. The average Bonchev–Trinajstić information content (AvgIpc) is 3.43. The number of esters is 3. The summed E-state index contributed by atoms with van der Waals surface area (Å²) in [6.07, 6.45) is 84.8. The Hall–Kier alpha value is -3.15. The van der Waals surface area contributed by atoms with Crippen LogP contribution in [0.5, 0.6) is 0 Å². The van der Waals surface area contributed by atoms with Gasteiger partial charge in [0.25, 0.3) is 0 Å². The Morgan fingerprint density at radius 1 is 0.273 bits per heavy atom. The fourth-order valence-corrected chi connectivity index (χ4v) is 9.66. The van der Waals surface area contributed by atoms with Gasteiger partial charge in [-0.2, -0.15) is 0 Å². The summed E-state index contributed by atoms with van der Waals surface area (Å²) in [6.45, 7) is 6.55. The Balaban J connectivity index is 4.36. The summed E-state index contributed by atoms with van der Waals surface area (Å²) in [7, 11) is 0. The average molecular weight is 1080 g/mol. The van der Waals surface area contributed by atoms with Crippen molar-refractivity contribution in [3.63, 3.8) is 0 Å². The molecule has 0 amide bonds. The monoisotopic (exact) mass is 1070 g/mol. The molecule has 0 aromatic rings. The number of unbranched alkanes of at least 4 members (excludes halogenated alkanes) is 38. The first kappa shape index (κ1) is 73.8. The molecule has 0 saturated heterocycles. The molecular formula is C71H126O6. The SMILES string of the molecule is CC/C=C\C/C=C\C/C=C\C/C=C\CCCCCCC(=O)OC(COC(=O)CCCCCCCCCCCCC/C=C\CCCCCCCC)COC(=O)CCCCCCCCCCCCC/C=C\CCCCCCCC. The van der Waals surface area contributed by atoms with Crippen molar-refractivity contribution in [1.29, 1.82) is 0 Å². The molecule has 0 fully saturated rings. The molecule has 0 aromatic heterocycles. The number of ether oxygens (including phenoxy) is 3. The molecule has 0 N–H and O–H groups in total. The van der Waals surface area contributed by atoms with Crippen LogP contribution in [0.15, 0.2) is 72.9 Å². The maximum Gasteiger partial charge on any atom is 0.306 e. The van der Waals surface area contributed by atoms with Crippen molar-refractivity contribution < 1.29 is 28.6 Å². The molecule has 0 aromatic carbocycles. The number of carbonyl (C=O) groups is 3. The zero-order valence-corrected chi connectivity index (χ0v) is 51.2. The van der Waals surface area contributed by atoms with Crippen LogP contribution in [0.25, 0.3) is 0 Å². The third-order valence-electron chi connectivity index (χ3n) is 14.7. The summed E-state index contributed by atoms with van der Waals surface area (Å²) >= 11 is 0. The molecule has 446 valence electrons. The molecule has 0 saturated carbocycles. The third kappa shape index (κ3) is 63.6. The van der Waals surface area contributed by atoms with Crippen LogP contribution in [0, 0.1) is 0 Å². The normalized spacial score (nSPS) is 12.2. The van der Waals surface area contributed by atoms with Crippen LogP contribution < -0.4 is 0 Å². The maximum absolute atomic E-state index is 12.9. The molecule has 77 heavy (non-hydrogen) atoms. The van der Waals surface area contributed by atoms with Crippen molar-refractivity contribution in [3.8, 4) is 0 Å². The van der Waals surface area contributed by atoms with Crippen molar-refractivity contribution in [3.05, 3.63) is 72.9 Å². The lowest BCUT2D eigenvalue weighted by atomic mass is 10.0. The Kier molecular flexibility index (Phi) is 62.7. The van der Waals surface area contributed by atoms with Gasteiger partial charge in [0.05, 0.1) is 0 Å². The minimum absolute atomic E-state index is 0.0840. The van der Waals surface area contributed by atoms with Crippen molar-refractivity contribution in [2.24, 2.45) is 0 Å². The first-order valence-corrected chi connectivity index (χ1v) is 33.4. The standard InChI is InChI=1S/C71H126O6/c1-4-7-10-13-16-19-22-25-28-31-33-35-37-40-42-45-48-51-54-57-60-63-69(72)75-66-68(77-71(74)65-62-59-56-53-50-47-44-39-30-27-24-21-18-15-12-9-6-3)67-76-70(73)64-61-58-55-52-49-46-43-41-38-36-34-32-29-26-23-20-17-14-11-8-5-2/h9,12,18,21,25-30,44,47,68H,4-8,10-11,13-17,19-20,22-24,31-43,45-46,48-67H2,1-3H3/b12-9-,21-18-,28-25-,29-26-,30-27-,47-44-. The lowest BCUT2D eigenvalue weighted by Crippen LogP contribution is -2.30. The highest BCUT2D eigenvalue weighted by Gasteiger charge is 2.19. The van der Waals surface area contributed by atoms with Gasteiger partial charge in [-0.15, -0.1) is 0 Å². The van der Waals surface area contributed by atoms with E-state index in [2.05, 4.69) is 93.7 Å². The first-order valence-electron chi connectivity index (χ1n) is 33.4. The topological polar surface area (TPSA) is 78.9 Å². The molecule has 0 unspecified atom stereocenters. The molecule has 0 heterocycles. The van der Waals surface area contributed by atoms with Crippen LogP contribution >= 0.6 is 0 Å². The summed E-state index contributed by atoms with van der Waals surface area (Å²) < 4.78 is 17.0. The lowest BCUT2D eigenvalue weighted by Gasteiger charge is -2.18. The molecule has 0 aliphatic rings. The zero-order chi connectivity index (χ0) is 55.7. The Bertz CT molecular complexity index is 1350. The molecule has 0 radical (unpaired) electrons. The van der Waals surface area contributed by atoms with E-state index in [1.807, 2.05) is 0 Å². The Morgan fingerprint density at radius 3 is 0.805 bits per heavy atom. The Morgan fingerprint density at radius 2 is 0.506 bits per heavy atom. The summed E-state index contributed by atoms with van der Waals surface area (Å²) in [6, 6.07) is 0. The molecular weight excluding hydrogens is 949 g/mol. The van der Waals surface area contributed by atoms with Gasteiger partial charge in [-0.25, -0.2) is 0 Å². The predicted octanol–water partition coefficient (Wildman–Crippen LogP) is 22.9. The number of rotatable bonds is 61. The molecule has 0 rings (SSSR count). The zero-order valence-electron chi connectivity index (χ0n) is 51.2. The summed E-state index contributed by atoms with van der Waals surface area (Å²) in [5.74, 6) is -0.892. The highest BCUT2D eigenvalue weighted by atomic mass is 16.6. The van der Waals surface area contributed by atoms with Crippen molar-refractivity contribution in [2.75, 3.05) is 13.2 Å². The molecule has 6 heteroatoms. The molecule has 0 bridgehead atoms. The van der Waals surface area contributed by atoms with Crippen LogP contribution in [0.1, 0.15) is 342 Å². The van der Waals surface area contributed by atoms with Crippen LogP contribution in [0.4, 0.5) is 0 Å². The summed E-state index contributed by atoms with van der Waals surface area (Å²) in [5, 5.41) is 0. The molecule has 6 nitrogen and oxygen atoms in total.